The van der Waals surface area contributed by atoms with Crippen LogP contribution in [0.1, 0.15) is 19.3 Å². The van der Waals surface area contributed by atoms with Gasteiger partial charge in [0.25, 0.3) is 0 Å². The fraction of sp³-hybridized carbons (Fsp3) is 1.00. The molecule has 0 aliphatic carbocycles. The Balaban J connectivity index is 2.05. The predicted octanol–water partition coefficient (Wildman–Crippen LogP) is 1.58. The van der Waals surface area contributed by atoms with E-state index in [2.05, 4.69) is 12.8 Å². The first kappa shape index (κ1) is 9.36. The van der Waals surface area contributed by atoms with Crippen molar-refractivity contribution in [3.05, 3.63) is 0 Å². The lowest BCUT2D eigenvalue weighted by Gasteiger charge is -2.22. The molecule has 11 heavy (non-hydrogen) atoms. The van der Waals surface area contributed by atoms with Crippen LogP contribution >= 0.6 is 12.8 Å². The minimum atomic E-state index is 0.873. The Bertz CT molecular complexity index is 102. The summed E-state index contributed by atoms with van der Waals surface area (Å²) >= 11 is 4.20. The molecule has 2 nitrogen and oxygen atoms in total. The molecule has 0 aromatic carbocycles. The van der Waals surface area contributed by atoms with E-state index in [-0.39, 0.29) is 0 Å². The van der Waals surface area contributed by atoms with Gasteiger partial charge in [-0.15, -0.1) is 0 Å². The molecule has 0 saturated carbocycles. The molecule has 1 aliphatic heterocycles. The second kappa shape index (κ2) is 5.01. The molecule has 0 unspecified atom stereocenters. The highest BCUT2D eigenvalue weighted by Crippen LogP contribution is 2.18. The maximum Gasteiger partial charge on any atom is 0.0468 e. The van der Waals surface area contributed by atoms with Gasteiger partial charge in [0.1, 0.15) is 0 Å². The molecular weight excluding hydrogens is 158 g/mol. The topological polar surface area (TPSA) is 12.5 Å². The van der Waals surface area contributed by atoms with Crippen LogP contribution in [-0.4, -0.2) is 31.1 Å². The number of hydrogen-bond acceptors (Lipinski definition) is 3. The van der Waals surface area contributed by atoms with Crippen LogP contribution in [0.4, 0.5) is 0 Å². The van der Waals surface area contributed by atoms with Gasteiger partial charge in [0.05, 0.1) is 0 Å². The molecule has 1 heterocycles. The van der Waals surface area contributed by atoms with Crippen LogP contribution in [0.2, 0.25) is 0 Å². The third-order valence-corrected chi connectivity index (χ3v) is 2.40. The van der Waals surface area contributed by atoms with Gasteiger partial charge in [0.15, 0.2) is 0 Å². The third kappa shape index (κ3) is 3.99. The van der Waals surface area contributed by atoms with Crippen LogP contribution in [0.5, 0.6) is 0 Å². The van der Waals surface area contributed by atoms with E-state index in [4.69, 9.17) is 4.74 Å². The van der Waals surface area contributed by atoms with E-state index >= 15 is 0 Å². The fourth-order valence-electron chi connectivity index (χ4n) is 1.40. The molecule has 0 spiro atoms. The van der Waals surface area contributed by atoms with Crippen molar-refractivity contribution in [1.29, 1.82) is 0 Å². The van der Waals surface area contributed by atoms with Crippen molar-refractivity contribution >= 4 is 12.8 Å². The Hall–Kier alpha value is 0.270. The second-order valence-corrected chi connectivity index (χ2v) is 3.91. The van der Waals surface area contributed by atoms with E-state index < -0.39 is 0 Å². The SMILES string of the molecule is CN(S)CCC1CCOCC1. The monoisotopic (exact) mass is 175 g/mol. The summed E-state index contributed by atoms with van der Waals surface area (Å²) in [4.78, 5) is 0. The van der Waals surface area contributed by atoms with E-state index in [1.807, 2.05) is 11.4 Å². The van der Waals surface area contributed by atoms with Gasteiger partial charge < -0.3 is 4.74 Å². The molecule has 1 fully saturated rings. The first-order chi connectivity index (χ1) is 5.29. The zero-order valence-corrected chi connectivity index (χ0v) is 8.02. The van der Waals surface area contributed by atoms with Crippen molar-refractivity contribution in [3.63, 3.8) is 0 Å². The summed E-state index contributed by atoms with van der Waals surface area (Å²) in [7, 11) is 2.00. The Morgan fingerprint density at radius 3 is 2.64 bits per heavy atom. The molecule has 3 heteroatoms. The lowest BCUT2D eigenvalue weighted by molar-refractivity contribution is 0.0630. The summed E-state index contributed by atoms with van der Waals surface area (Å²) < 4.78 is 7.23. The minimum absolute atomic E-state index is 0.873. The van der Waals surface area contributed by atoms with Crippen molar-refractivity contribution in [1.82, 2.24) is 4.31 Å². The quantitative estimate of drug-likeness (QED) is 0.654. The summed E-state index contributed by atoms with van der Waals surface area (Å²) in [6, 6.07) is 0. The number of rotatable bonds is 3. The van der Waals surface area contributed by atoms with Gasteiger partial charge in [0, 0.05) is 19.8 Å². The summed E-state index contributed by atoms with van der Waals surface area (Å²) in [5, 5.41) is 0. The van der Waals surface area contributed by atoms with E-state index in [1.54, 1.807) is 0 Å². The second-order valence-electron chi connectivity index (χ2n) is 3.23. The lowest BCUT2D eigenvalue weighted by atomic mass is 9.97. The number of ether oxygens (including phenoxy) is 1. The van der Waals surface area contributed by atoms with Crippen LogP contribution in [-0.2, 0) is 4.74 Å². The average molecular weight is 175 g/mol. The first-order valence-corrected chi connectivity index (χ1v) is 4.67. The van der Waals surface area contributed by atoms with Crippen molar-refractivity contribution in [2.75, 3.05) is 26.8 Å². The van der Waals surface area contributed by atoms with Gasteiger partial charge in [-0.1, -0.05) is 12.8 Å². The average Bonchev–Trinajstić information content (AvgIpc) is 2.03. The van der Waals surface area contributed by atoms with E-state index in [0.29, 0.717) is 0 Å². The largest absolute Gasteiger partial charge is 0.381 e. The minimum Gasteiger partial charge on any atom is -0.381 e. The van der Waals surface area contributed by atoms with Crippen molar-refractivity contribution in [2.45, 2.75) is 19.3 Å². The maximum absolute atomic E-state index is 5.27. The van der Waals surface area contributed by atoms with Crippen molar-refractivity contribution < 1.29 is 4.74 Å². The summed E-state index contributed by atoms with van der Waals surface area (Å²) in [5.74, 6) is 0.873. The zero-order valence-electron chi connectivity index (χ0n) is 7.12. The molecule has 0 bridgehead atoms. The maximum atomic E-state index is 5.27. The summed E-state index contributed by atoms with van der Waals surface area (Å²) in [6.07, 6.45) is 3.74. The molecule has 0 aromatic heterocycles. The van der Waals surface area contributed by atoms with Gasteiger partial charge in [-0.05, 0) is 32.2 Å². The Morgan fingerprint density at radius 2 is 2.09 bits per heavy atom. The first-order valence-electron chi connectivity index (χ1n) is 4.27. The normalized spacial score (nSPS) is 21.0. The van der Waals surface area contributed by atoms with Crippen LogP contribution in [0, 0.1) is 5.92 Å². The smallest absolute Gasteiger partial charge is 0.0468 e. The molecule has 1 aliphatic rings. The number of thiol groups is 1. The van der Waals surface area contributed by atoms with Crippen LogP contribution in [0.25, 0.3) is 0 Å². The van der Waals surface area contributed by atoms with Gasteiger partial charge in [-0.2, -0.15) is 0 Å². The zero-order chi connectivity index (χ0) is 8.10. The highest BCUT2D eigenvalue weighted by molar-refractivity contribution is 7.77. The fourth-order valence-corrected chi connectivity index (χ4v) is 1.52. The lowest BCUT2D eigenvalue weighted by Crippen LogP contribution is -2.19. The Morgan fingerprint density at radius 1 is 1.45 bits per heavy atom. The number of hydrogen-bond donors (Lipinski definition) is 1. The van der Waals surface area contributed by atoms with Gasteiger partial charge >= 0.3 is 0 Å². The molecule has 0 atom stereocenters. The van der Waals surface area contributed by atoms with Gasteiger partial charge in [-0.25, -0.2) is 0 Å². The highest BCUT2D eigenvalue weighted by atomic mass is 32.1. The Labute approximate surface area is 74.5 Å². The predicted molar refractivity (Wildman–Crippen MR) is 49.8 cm³/mol. The molecule has 1 rings (SSSR count). The molecule has 0 radical (unpaired) electrons. The standard InChI is InChI=1S/C8H17NOS/c1-9(11)5-2-8-3-6-10-7-4-8/h8,11H,2-7H2,1H3. The molecule has 1 saturated heterocycles. The Kier molecular flexibility index (Phi) is 4.26. The van der Waals surface area contributed by atoms with E-state index in [1.165, 1.54) is 19.3 Å². The van der Waals surface area contributed by atoms with Crippen LogP contribution < -0.4 is 0 Å². The molecular formula is C8H17NOS. The highest BCUT2D eigenvalue weighted by Gasteiger charge is 2.13. The molecule has 0 amide bonds. The van der Waals surface area contributed by atoms with Crippen LogP contribution in [0.3, 0.4) is 0 Å². The van der Waals surface area contributed by atoms with Gasteiger partial charge in [0.2, 0.25) is 0 Å². The molecule has 0 N–H and O–H groups in total. The van der Waals surface area contributed by atoms with Crippen molar-refractivity contribution in [2.24, 2.45) is 5.92 Å². The molecule has 66 valence electrons. The van der Waals surface area contributed by atoms with E-state index in [0.717, 1.165) is 25.7 Å². The third-order valence-electron chi connectivity index (χ3n) is 2.20. The summed E-state index contributed by atoms with van der Waals surface area (Å²) in [6.45, 7) is 3.01. The van der Waals surface area contributed by atoms with E-state index in [9.17, 15) is 0 Å². The van der Waals surface area contributed by atoms with Crippen LogP contribution in [0.15, 0.2) is 0 Å². The summed E-state index contributed by atoms with van der Waals surface area (Å²) in [5.41, 5.74) is 0. The number of nitrogens with zero attached hydrogens (tertiary/aromatic N) is 1. The van der Waals surface area contributed by atoms with Gasteiger partial charge in [-0.3, -0.25) is 4.31 Å². The van der Waals surface area contributed by atoms with Crippen molar-refractivity contribution in [3.8, 4) is 0 Å². The molecule has 0 aromatic rings.